The maximum atomic E-state index is 13.4. The summed E-state index contributed by atoms with van der Waals surface area (Å²) in [5.41, 5.74) is 13.1. The molecule has 0 spiro atoms. The van der Waals surface area contributed by atoms with Crippen LogP contribution >= 0.6 is 0 Å². The van der Waals surface area contributed by atoms with E-state index in [-0.39, 0.29) is 5.82 Å². The number of H-pyrrole nitrogens is 2. The van der Waals surface area contributed by atoms with Crippen LogP contribution in [0.15, 0.2) is 73.4 Å². The quantitative estimate of drug-likeness (QED) is 0.374. The minimum atomic E-state index is -0.272. The van der Waals surface area contributed by atoms with Crippen molar-refractivity contribution >= 4 is 27.5 Å². The van der Waals surface area contributed by atoms with Crippen LogP contribution in [0, 0.1) is 5.82 Å². The molecule has 6 aromatic rings. The van der Waals surface area contributed by atoms with Gasteiger partial charge in [-0.05, 0) is 35.9 Å². The molecule has 0 amide bonds. The van der Waals surface area contributed by atoms with Crippen LogP contribution in [0.5, 0.6) is 0 Å². The average molecular weight is 421 g/mol. The van der Waals surface area contributed by atoms with Gasteiger partial charge in [-0.25, -0.2) is 4.39 Å². The molecule has 0 saturated heterocycles. The van der Waals surface area contributed by atoms with Gasteiger partial charge in [-0.1, -0.05) is 12.1 Å². The lowest BCUT2D eigenvalue weighted by Crippen LogP contribution is -1.89. The van der Waals surface area contributed by atoms with Gasteiger partial charge in [-0.2, -0.15) is 5.10 Å². The number of nitrogens with zero attached hydrogens (tertiary/aromatic N) is 4. The third-order valence-corrected chi connectivity index (χ3v) is 5.46. The lowest BCUT2D eigenvalue weighted by atomic mass is 10.0. The largest absolute Gasteiger partial charge is 0.397 e. The molecule has 0 aliphatic carbocycles. The van der Waals surface area contributed by atoms with E-state index in [1.54, 1.807) is 43.1 Å². The van der Waals surface area contributed by atoms with E-state index in [2.05, 4.69) is 30.1 Å². The minimum Gasteiger partial charge on any atom is -0.397 e. The predicted molar refractivity (Wildman–Crippen MR) is 122 cm³/mol. The number of pyridine rings is 3. The highest BCUT2D eigenvalue weighted by Crippen LogP contribution is 2.34. The molecule has 0 aliphatic heterocycles. The van der Waals surface area contributed by atoms with Crippen LogP contribution in [0.25, 0.3) is 55.6 Å². The summed E-state index contributed by atoms with van der Waals surface area (Å²) in [6.45, 7) is 0. The van der Waals surface area contributed by atoms with E-state index in [0.717, 1.165) is 55.6 Å². The van der Waals surface area contributed by atoms with Gasteiger partial charge in [0.05, 0.1) is 40.5 Å². The van der Waals surface area contributed by atoms with Crippen LogP contribution in [0.4, 0.5) is 10.1 Å². The summed E-state index contributed by atoms with van der Waals surface area (Å²) < 4.78 is 13.4. The molecule has 5 aromatic heterocycles. The van der Waals surface area contributed by atoms with Gasteiger partial charge < -0.3 is 10.7 Å². The number of benzene rings is 1. The summed E-state index contributed by atoms with van der Waals surface area (Å²) in [5, 5.41) is 9.46. The summed E-state index contributed by atoms with van der Waals surface area (Å²) in [6.07, 6.45) is 8.63. The topological polar surface area (TPSA) is 109 Å². The number of nitrogens with two attached hydrogens (primary N) is 1. The maximum Gasteiger partial charge on any atom is 0.123 e. The van der Waals surface area contributed by atoms with Crippen molar-refractivity contribution in [3.05, 3.63) is 79.3 Å². The Labute approximate surface area is 181 Å². The van der Waals surface area contributed by atoms with Crippen LogP contribution < -0.4 is 5.73 Å². The second kappa shape index (κ2) is 6.98. The molecule has 0 fully saturated rings. The molecule has 5 heterocycles. The van der Waals surface area contributed by atoms with Crippen molar-refractivity contribution in [2.75, 3.05) is 5.73 Å². The highest BCUT2D eigenvalue weighted by atomic mass is 19.1. The fraction of sp³-hybridized carbons (Fsp3) is 0. The first-order valence-corrected chi connectivity index (χ1v) is 9.94. The van der Waals surface area contributed by atoms with Gasteiger partial charge in [0.15, 0.2) is 0 Å². The Balaban J connectivity index is 1.50. The van der Waals surface area contributed by atoms with Crippen molar-refractivity contribution in [1.29, 1.82) is 0 Å². The Bertz CT molecular complexity index is 1600. The van der Waals surface area contributed by atoms with Crippen molar-refractivity contribution in [2.45, 2.75) is 0 Å². The zero-order valence-electron chi connectivity index (χ0n) is 16.7. The number of aromatic amines is 2. The lowest BCUT2D eigenvalue weighted by molar-refractivity contribution is 0.628. The van der Waals surface area contributed by atoms with E-state index in [4.69, 9.17) is 5.73 Å². The van der Waals surface area contributed by atoms with Crippen molar-refractivity contribution in [3.63, 3.8) is 0 Å². The first-order chi connectivity index (χ1) is 15.7. The number of rotatable bonds is 3. The van der Waals surface area contributed by atoms with Crippen LogP contribution in [-0.4, -0.2) is 30.1 Å². The number of aromatic nitrogens is 6. The van der Waals surface area contributed by atoms with E-state index >= 15 is 0 Å². The Morgan fingerprint density at radius 3 is 2.47 bits per heavy atom. The summed E-state index contributed by atoms with van der Waals surface area (Å²) in [7, 11) is 0. The molecule has 7 nitrogen and oxygen atoms in total. The van der Waals surface area contributed by atoms with Crippen LogP contribution in [0.3, 0.4) is 0 Å². The van der Waals surface area contributed by atoms with Gasteiger partial charge in [-0.15, -0.1) is 0 Å². The molecule has 1 aromatic carbocycles. The molecule has 0 radical (unpaired) electrons. The van der Waals surface area contributed by atoms with Crippen molar-refractivity contribution in [2.24, 2.45) is 0 Å². The smallest absolute Gasteiger partial charge is 0.123 e. The zero-order chi connectivity index (χ0) is 21.7. The fourth-order valence-corrected chi connectivity index (χ4v) is 3.92. The molecule has 0 saturated carbocycles. The standard InChI is InChI=1S/C24H16FN7/c25-15-3-1-13(2-4-15)19-10-28-11-22-17(19)6-21(30-22)24-18-7-20(29-12-23(18)31-32-24)14-5-16(26)9-27-8-14/h1-12,30H,26H2,(H,31,32). The van der Waals surface area contributed by atoms with E-state index < -0.39 is 0 Å². The predicted octanol–water partition coefficient (Wildman–Crippen LogP) is 4.95. The summed E-state index contributed by atoms with van der Waals surface area (Å²) in [4.78, 5) is 16.4. The summed E-state index contributed by atoms with van der Waals surface area (Å²) in [6, 6.07) is 12.2. The number of nitrogen functional groups attached to an aromatic ring is 1. The molecular formula is C24H16FN7. The molecule has 0 atom stereocenters. The Morgan fingerprint density at radius 2 is 1.62 bits per heavy atom. The van der Waals surface area contributed by atoms with Gasteiger partial charge in [0.1, 0.15) is 11.5 Å². The molecule has 6 rings (SSSR count). The number of hydrogen-bond acceptors (Lipinski definition) is 5. The first-order valence-electron chi connectivity index (χ1n) is 9.94. The van der Waals surface area contributed by atoms with Crippen molar-refractivity contribution < 1.29 is 4.39 Å². The summed E-state index contributed by atoms with van der Waals surface area (Å²) in [5.74, 6) is -0.272. The second-order valence-electron chi connectivity index (χ2n) is 7.53. The molecule has 0 unspecified atom stereocenters. The number of hydrogen-bond donors (Lipinski definition) is 3. The second-order valence-corrected chi connectivity index (χ2v) is 7.53. The zero-order valence-corrected chi connectivity index (χ0v) is 16.7. The number of nitrogens with one attached hydrogen (secondary N) is 2. The Kier molecular flexibility index (Phi) is 3.97. The molecule has 32 heavy (non-hydrogen) atoms. The Morgan fingerprint density at radius 1 is 0.781 bits per heavy atom. The van der Waals surface area contributed by atoms with Gasteiger partial charge in [0.25, 0.3) is 0 Å². The van der Waals surface area contributed by atoms with Gasteiger partial charge in [0, 0.05) is 40.5 Å². The van der Waals surface area contributed by atoms with Crippen LogP contribution in [-0.2, 0) is 0 Å². The van der Waals surface area contributed by atoms with E-state index in [1.165, 1.54) is 12.1 Å². The SMILES string of the molecule is Nc1cncc(-c2cc3c(-c4cc5c(-c6ccc(F)cc6)cncc5[nH]4)n[nH]c3cn2)c1. The van der Waals surface area contributed by atoms with Crippen molar-refractivity contribution in [1.82, 2.24) is 30.1 Å². The van der Waals surface area contributed by atoms with Crippen LogP contribution in [0.1, 0.15) is 0 Å². The van der Waals surface area contributed by atoms with Crippen LogP contribution in [0.2, 0.25) is 0 Å². The monoisotopic (exact) mass is 421 g/mol. The number of anilines is 1. The molecule has 0 bridgehead atoms. The third kappa shape index (κ3) is 2.97. The Hall–Kier alpha value is -4.59. The van der Waals surface area contributed by atoms with Gasteiger partial charge in [-0.3, -0.25) is 20.1 Å². The first kappa shape index (κ1) is 18.2. The molecule has 4 N–H and O–H groups in total. The maximum absolute atomic E-state index is 13.4. The average Bonchev–Trinajstić information content (AvgIpc) is 3.43. The number of halogens is 1. The highest BCUT2D eigenvalue weighted by Gasteiger charge is 2.15. The molecule has 8 heteroatoms. The fourth-order valence-electron chi connectivity index (χ4n) is 3.92. The third-order valence-electron chi connectivity index (χ3n) is 5.46. The molecule has 0 aliphatic rings. The summed E-state index contributed by atoms with van der Waals surface area (Å²) >= 11 is 0. The van der Waals surface area contributed by atoms with E-state index in [1.807, 2.05) is 18.2 Å². The van der Waals surface area contributed by atoms with Crippen molar-refractivity contribution in [3.8, 4) is 33.8 Å². The van der Waals surface area contributed by atoms with E-state index in [9.17, 15) is 4.39 Å². The highest BCUT2D eigenvalue weighted by molar-refractivity contribution is 6.01. The van der Waals surface area contributed by atoms with Gasteiger partial charge in [0.2, 0.25) is 0 Å². The molecular weight excluding hydrogens is 405 g/mol. The van der Waals surface area contributed by atoms with Gasteiger partial charge >= 0.3 is 0 Å². The molecule has 154 valence electrons. The normalized spacial score (nSPS) is 11.4. The lowest BCUT2D eigenvalue weighted by Gasteiger charge is -2.02. The minimum absolute atomic E-state index is 0.272. The van der Waals surface area contributed by atoms with E-state index in [0.29, 0.717) is 5.69 Å². The number of fused-ring (bicyclic) bond motifs is 2.